The van der Waals surface area contributed by atoms with Crippen LogP contribution in [0.4, 0.5) is 0 Å². The van der Waals surface area contributed by atoms with Crippen LogP contribution in [0.15, 0.2) is 115 Å². The summed E-state index contributed by atoms with van der Waals surface area (Å²) < 4.78 is 28.4. The van der Waals surface area contributed by atoms with Gasteiger partial charge in [-0.05, 0) is 51.2 Å². The number of pyridine rings is 1. The normalized spacial score (nSPS) is 12.8. The number of aromatic nitrogens is 3. The van der Waals surface area contributed by atoms with E-state index in [1.54, 1.807) is 12.1 Å². The van der Waals surface area contributed by atoms with Crippen LogP contribution < -0.4 is 4.40 Å². The minimum atomic E-state index is -2.08. The van der Waals surface area contributed by atoms with Crippen LogP contribution in [0.25, 0.3) is 59.5 Å². The zero-order valence-corrected chi connectivity index (χ0v) is 36.0. The summed E-state index contributed by atoms with van der Waals surface area (Å²) in [5, 5.41) is 2.57. The second-order valence-corrected chi connectivity index (χ2v) is 26.5. The second-order valence-electron chi connectivity index (χ2n) is 14.7. The Morgan fingerprint density at radius 2 is 1.44 bits per heavy atom. The van der Waals surface area contributed by atoms with Gasteiger partial charge in [0.2, 0.25) is 0 Å². The van der Waals surface area contributed by atoms with E-state index in [4.69, 9.17) is 9.10 Å². The number of nitrogens with zero attached hydrogens (tertiary/aromatic N) is 3. The van der Waals surface area contributed by atoms with Crippen molar-refractivity contribution in [3.63, 3.8) is 0 Å². The molecule has 0 aliphatic rings. The van der Waals surface area contributed by atoms with Gasteiger partial charge in [-0.3, -0.25) is 4.98 Å². The summed E-state index contributed by atoms with van der Waals surface area (Å²) in [6.45, 7) is 7.02. The molecular formula is C46H45GeIrN3S-2. The molecule has 3 heterocycles. The van der Waals surface area contributed by atoms with Gasteiger partial charge < -0.3 is 4.57 Å². The molecule has 3 nitrogen and oxygen atoms in total. The van der Waals surface area contributed by atoms with Crippen molar-refractivity contribution in [1.29, 1.82) is 0 Å². The van der Waals surface area contributed by atoms with Gasteiger partial charge in [0.15, 0.2) is 0 Å². The first-order chi connectivity index (χ1) is 25.7. The molecule has 3 aromatic heterocycles. The first-order valence-corrected chi connectivity index (χ1v) is 25.8. The molecular weight excluding hydrogens is 891 g/mol. The Kier molecular flexibility index (Phi) is 10.2. The van der Waals surface area contributed by atoms with Crippen molar-refractivity contribution in [3.05, 3.63) is 144 Å². The molecule has 1 radical (unpaired) electrons. The number of imidazole rings is 1. The van der Waals surface area contributed by atoms with Gasteiger partial charge in [0, 0.05) is 30.5 Å². The van der Waals surface area contributed by atoms with Gasteiger partial charge in [0.1, 0.15) is 0 Å². The molecule has 6 heteroatoms. The Bertz CT molecular complexity index is 2500. The minimum absolute atomic E-state index is 0. The van der Waals surface area contributed by atoms with Crippen molar-refractivity contribution in [2.24, 2.45) is 0 Å². The fourth-order valence-corrected chi connectivity index (χ4v) is 9.82. The molecule has 0 aliphatic heterocycles. The van der Waals surface area contributed by atoms with Crippen LogP contribution in [-0.2, 0) is 20.1 Å². The molecule has 0 unspecified atom stereocenters. The Morgan fingerprint density at radius 1 is 0.731 bits per heavy atom. The number of hydrogen-bond acceptors (Lipinski definition) is 3. The van der Waals surface area contributed by atoms with Crippen LogP contribution in [0.2, 0.25) is 17.3 Å². The van der Waals surface area contributed by atoms with Gasteiger partial charge in [-0.2, -0.15) is 11.3 Å². The number of thiophene rings is 1. The molecule has 0 N–H and O–H groups in total. The fraction of sp³-hybridized carbons (Fsp3) is 0.217. The molecule has 0 saturated heterocycles. The number of rotatable bonds is 6. The van der Waals surface area contributed by atoms with E-state index in [9.17, 15) is 0 Å². The second kappa shape index (κ2) is 15.6. The molecule has 0 saturated carbocycles. The minimum Gasteiger partial charge on any atom is 0 e. The first kappa shape index (κ1) is 33.9. The predicted molar refractivity (Wildman–Crippen MR) is 223 cm³/mol. The largest absolute Gasteiger partial charge is 0 e. The molecule has 265 valence electrons. The molecule has 52 heavy (non-hydrogen) atoms. The number of aryl methyl sites for hydroxylation is 1. The molecule has 5 aromatic carbocycles. The topological polar surface area (TPSA) is 30.7 Å². The van der Waals surface area contributed by atoms with Crippen molar-refractivity contribution >= 4 is 60.2 Å². The monoisotopic (exact) mass is 941 g/mol. The third-order valence-electron chi connectivity index (χ3n) is 9.40. The third-order valence-corrected chi connectivity index (χ3v) is 14.8. The Hall–Kier alpha value is -3.87. The van der Waals surface area contributed by atoms with E-state index in [0.717, 1.165) is 33.7 Å². The summed E-state index contributed by atoms with van der Waals surface area (Å²) >= 11 is -0.00542. The maximum atomic E-state index is 7.35. The Balaban J connectivity index is 0.000000211. The van der Waals surface area contributed by atoms with Gasteiger partial charge >= 0.3 is 110 Å². The van der Waals surface area contributed by atoms with E-state index < -0.39 is 20.1 Å². The van der Waals surface area contributed by atoms with Crippen molar-refractivity contribution in [2.45, 2.75) is 63.7 Å². The Morgan fingerprint density at radius 3 is 2.10 bits per heavy atom. The van der Waals surface area contributed by atoms with Crippen molar-refractivity contribution in [3.8, 4) is 28.3 Å². The smallest absolute Gasteiger partial charge is 0 e. The van der Waals surface area contributed by atoms with Crippen molar-refractivity contribution < 1.29 is 24.2 Å². The van der Waals surface area contributed by atoms with Gasteiger partial charge in [-0.1, -0.05) is 81.6 Å². The number of hydrogen-bond donors (Lipinski definition) is 0. The van der Waals surface area contributed by atoms with E-state index >= 15 is 0 Å². The van der Waals surface area contributed by atoms with E-state index in [-0.39, 0.29) is 20.1 Å². The SMILES string of the molecule is CC(C)c1cccc(C(C)C)c1-n1c(-c2[c-]cc3sc4ccccc4c3c2)nc2ccccc21.[2H]C([2H])([2H])c1c[c-]c(-c2cc[c]([Ge]([CH3])([CH3])[CH3])cn2)cc1.[Ir]. The number of benzene rings is 5. The molecule has 8 aromatic rings. The van der Waals surface area contributed by atoms with Crippen LogP contribution in [0.1, 0.15) is 60.3 Å². The predicted octanol–water partition coefficient (Wildman–Crippen LogP) is 12.5. The van der Waals surface area contributed by atoms with Crippen molar-refractivity contribution in [2.75, 3.05) is 0 Å². The van der Waals surface area contributed by atoms with Crippen LogP contribution in [0.3, 0.4) is 0 Å². The molecule has 0 bridgehead atoms. The first-order valence-electron chi connectivity index (χ1n) is 19.1. The van der Waals surface area contributed by atoms with Crippen LogP contribution >= 0.6 is 11.3 Å². The standard InChI is InChI=1S/C31H27N2S.C15H18GeN.Ir/c1-19(2)22-11-9-12-23(20(3)4)30(22)33-27-14-7-6-13-26(27)32-31(33)21-16-17-29-25(18-21)24-10-5-8-15-28(24)34-29;1-12-5-7-13(8-6-12)15-10-9-14(11-17-15)16(2,3)4;/h5-15,17-20H,1-4H3;5-7,9-11H,1-4H3;/q2*-1;/i;1D3;. The summed E-state index contributed by atoms with van der Waals surface area (Å²) in [7, 11) is 0. The number of para-hydroxylation sites is 3. The average Bonchev–Trinajstić information content (AvgIpc) is 3.72. The maximum absolute atomic E-state index is 7.35. The molecule has 0 aliphatic carbocycles. The quantitative estimate of drug-likeness (QED) is 0.123. The van der Waals surface area contributed by atoms with Crippen molar-refractivity contribution in [1.82, 2.24) is 14.5 Å². The maximum Gasteiger partial charge on any atom is 0 e. The molecule has 0 amide bonds. The fourth-order valence-electron chi connectivity index (χ4n) is 6.58. The summed E-state index contributed by atoms with van der Waals surface area (Å²) in [4.78, 5) is 9.65. The number of fused-ring (bicyclic) bond motifs is 4. The van der Waals surface area contributed by atoms with Gasteiger partial charge in [-0.15, -0.1) is 23.8 Å². The van der Waals surface area contributed by atoms with Crippen LogP contribution in [0.5, 0.6) is 0 Å². The Labute approximate surface area is 333 Å². The van der Waals surface area contributed by atoms with E-state index in [1.807, 2.05) is 23.6 Å². The zero-order chi connectivity index (χ0) is 38.4. The van der Waals surface area contributed by atoms with Gasteiger partial charge in [-0.25, -0.2) is 0 Å². The molecule has 0 fully saturated rings. The molecule has 0 atom stereocenters. The van der Waals surface area contributed by atoms with Crippen LogP contribution in [-0.4, -0.2) is 27.8 Å². The summed E-state index contributed by atoms with van der Waals surface area (Å²) in [6.07, 6.45) is 1.95. The average molecular weight is 940 g/mol. The third kappa shape index (κ3) is 7.61. The summed E-state index contributed by atoms with van der Waals surface area (Å²) in [5.41, 5.74) is 9.09. The molecule has 0 spiro atoms. The summed E-state index contributed by atoms with van der Waals surface area (Å²) in [6, 6.07) is 43.9. The van der Waals surface area contributed by atoms with Gasteiger partial charge in [0.25, 0.3) is 0 Å². The molecule has 8 rings (SSSR count). The van der Waals surface area contributed by atoms with Gasteiger partial charge in [0.05, 0.1) is 16.9 Å². The van der Waals surface area contributed by atoms with E-state index in [0.29, 0.717) is 17.4 Å². The summed E-state index contributed by atoms with van der Waals surface area (Å²) in [5.74, 6) is 8.73. The zero-order valence-electron chi connectivity index (χ0n) is 33.7. The van der Waals surface area contributed by atoms with Crippen LogP contribution in [0, 0.1) is 19.0 Å². The van der Waals surface area contributed by atoms with E-state index in [1.165, 1.54) is 47.4 Å². The van der Waals surface area contributed by atoms with E-state index in [2.05, 4.69) is 152 Å².